The number of Topliss-reactive ketones (excluding diaryl/α,β-unsaturated/α-hetero) is 1. The number of ether oxygens (including phenoxy) is 1. The van der Waals surface area contributed by atoms with E-state index in [0.29, 0.717) is 12.8 Å². The molecule has 1 aromatic carbocycles. The van der Waals surface area contributed by atoms with Crippen LogP contribution in [0.2, 0.25) is 0 Å². The van der Waals surface area contributed by atoms with Crippen molar-refractivity contribution >= 4 is 23.5 Å². The SMILES string of the molecule is C=C[C@]1(C)C[C@@H](OC(=O)CSc2cccc(CN(C)C)c2)[C@]2(C)C(C)CCC3(CCC(=O)C32)[C@@H](C)[C@@H]1O. The average Bonchev–Trinajstić information content (AvgIpc) is 3.21. The molecule has 5 nitrogen and oxygen atoms in total. The number of carbonyl (C=O) groups excluding carboxylic acids is 2. The van der Waals surface area contributed by atoms with Crippen molar-refractivity contribution < 1.29 is 19.4 Å². The molecule has 1 aromatic rings. The Hall–Kier alpha value is -1.63. The van der Waals surface area contributed by atoms with Crippen molar-refractivity contribution in [1.29, 1.82) is 0 Å². The lowest BCUT2D eigenvalue weighted by molar-refractivity contribution is -0.205. The summed E-state index contributed by atoms with van der Waals surface area (Å²) < 4.78 is 6.36. The molecule has 3 saturated carbocycles. The van der Waals surface area contributed by atoms with Gasteiger partial charge in [0, 0.05) is 34.6 Å². The van der Waals surface area contributed by atoms with Crippen molar-refractivity contribution in [2.24, 2.45) is 34.0 Å². The second-order valence-electron chi connectivity index (χ2n) is 12.7. The number of nitrogens with zero attached hydrogens (tertiary/aromatic N) is 1. The molecule has 2 bridgehead atoms. The Kier molecular flexibility index (Phi) is 8.05. The molecule has 204 valence electrons. The minimum atomic E-state index is -0.647. The minimum Gasteiger partial charge on any atom is -0.461 e. The van der Waals surface area contributed by atoms with Crippen LogP contribution in [0.3, 0.4) is 0 Å². The van der Waals surface area contributed by atoms with Gasteiger partial charge in [0.1, 0.15) is 11.9 Å². The summed E-state index contributed by atoms with van der Waals surface area (Å²) in [5.74, 6) is 0.231. The Labute approximate surface area is 227 Å². The summed E-state index contributed by atoms with van der Waals surface area (Å²) in [5, 5.41) is 11.7. The molecule has 0 amide bonds. The number of aliphatic hydroxyl groups excluding tert-OH is 1. The van der Waals surface area contributed by atoms with E-state index in [1.165, 1.54) is 17.3 Å². The van der Waals surface area contributed by atoms with Gasteiger partial charge in [-0.25, -0.2) is 0 Å². The van der Waals surface area contributed by atoms with Crippen molar-refractivity contribution in [2.45, 2.75) is 83.4 Å². The maximum atomic E-state index is 13.5. The number of esters is 1. The molecular weight excluding hydrogens is 482 g/mol. The van der Waals surface area contributed by atoms with E-state index >= 15 is 0 Å². The summed E-state index contributed by atoms with van der Waals surface area (Å²) >= 11 is 1.49. The van der Waals surface area contributed by atoms with Crippen LogP contribution in [-0.2, 0) is 20.9 Å². The van der Waals surface area contributed by atoms with Gasteiger partial charge in [-0.1, -0.05) is 45.9 Å². The third-order valence-electron chi connectivity index (χ3n) is 10.3. The van der Waals surface area contributed by atoms with E-state index in [0.717, 1.165) is 30.7 Å². The summed E-state index contributed by atoms with van der Waals surface area (Å²) in [6.07, 6.45) is 4.47. The molecule has 8 atom stereocenters. The highest BCUT2D eigenvalue weighted by atomic mass is 32.2. The van der Waals surface area contributed by atoms with Crippen molar-refractivity contribution in [2.75, 3.05) is 19.8 Å². The molecule has 0 aromatic heterocycles. The van der Waals surface area contributed by atoms with Crippen molar-refractivity contribution in [1.82, 2.24) is 4.90 Å². The Morgan fingerprint density at radius 1 is 1.27 bits per heavy atom. The molecule has 0 spiro atoms. The van der Waals surface area contributed by atoms with Gasteiger partial charge in [0.2, 0.25) is 0 Å². The zero-order valence-electron chi connectivity index (χ0n) is 23.5. The summed E-state index contributed by atoms with van der Waals surface area (Å²) in [4.78, 5) is 30.0. The van der Waals surface area contributed by atoms with E-state index in [-0.39, 0.29) is 40.7 Å². The van der Waals surface area contributed by atoms with Crippen LogP contribution in [0.1, 0.15) is 65.4 Å². The van der Waals surface area contributed by atoms with Crippen molar-refractivity contribution in [3.8, 4) is 0 Å². The fourth-order valence-electron chi connectivity index (χ4n) is 7.94. The maximum Gasteiger partial charge on any atom is 0.316 e. The van der Waals surface area contributed by atoms with Crippen LogP contribution in [0.5, 0.6) is 0 Å². The second-order valence-corrected chi connectivity index (χ2v) is 13.8. The number of rotatable bonds is 7. The van der Waals surface area contributed by atoms with E-state index in [2.05, 4.69) is 44.4 Å². The number of ketones is 1. The topological polar surface area (TPSA) is 66.8 Å². The molecule has 0 saturated heterocycles. The largest absolute Gasteiger partial charge is 0.461 e. The van der Waals surface area contributed by atoms with Crippen molar-refractivity contribution in [3.63, 3.8) is 0 Å². The number of aliphatic hydroxyl groups is 1. The summed E-state index contributed by atoms with van der Waals surface area (Å²) in [7, 11) is 4.08. The Morgan fingerprint density at radius 2 is 2.00 bits per heavy atom. The van der Waals surface area contributed by atoms with Gasteiger partial charge in [-0.15, -0.1) is 18.3 Å². The van der Waals surface area contributed by atoms with Crippen LogP contribution in [0.25, 0.3) is 0 Å². The highest BCUT2D eigenvalue weighted by Gasteiger charge is 2.68. The van der Waals surface area contributed by atoms with E-state index < -0.39 is 23.0 Å². The predicted molar refractivity (Wildman–Crippen MR) is 149 cm³/mol. The van der Waals surface area contributed by atoms with Crippen LogP contribution < -0.4 is 0 Å². The van der Waals surface area contributed by atoms with Gasteiger partial charge in [0.25, 0.3) is 0 Å². The lowest BCUT2D eigenvalue weighted by Crippen LogP contribution is -2.63. The maximum absolute atomic E-state index is 13.5. The predicted octanol–water partition coefficient (Wildman–Crippen LogP) is 5.75. The van der Waals surface area contributed by atoms with Gasteiger partial charge in [-0.05, 0) is 74.7 Å². The van der Waals surface area contributed by atoms with Gasteiger partial charge >= 0.3 is 5.97 Å². The highest BCUT2D eigenvalue weighted by Crippen LogP contribution is 2.68. The fourth-order valence-corrected chi connectivity index (χ4v) is 8.70. The summed E-state index contributed by atoms with van der Waals surface area (Å²) in [6.45, 7) is 13.5. The molecular formula is C31H45NO4S. The number of carbonyl (C=O) groups is 2. The fraction of sp³-hybridized carbons (Fsp3) is 0.677. The molecule has 3 aliphatic rings. The summed E-state index contributed by atoms with van der Waals surface area (Å²) in [6, 6.07) is 8.26. The standard InChI is InChI=1S/C31H45NO4S/c1-8-29(4)17-25(36-26(34)19-37-23-11-9-10-22(16-23)18-32(6)7)30(5)20(2)12-14-31(21(3)28(29)35)15-13-24(33)27(30)31/h8-11,16,20-21,25,27-28,35H,1,12-15,17-19H2,2-7H3/t20?,21-,25+,27?,28-,29+,30-,31?/m0/s1. The van der Waals surface area contributed by atoms with Gasteiger partial charge in [-0.3, -0.25) is 9.59 Å². The number of thioether (sulfide) groups is 1. The average molecular weight is 528 g/mol. The molecule has 4 rings (SSSR count). The first-order valence-corrected chi connectivity index (χ1v) is 14.8. The molecule has 3 unspecified atom stereocenters. The first-order valence-electron chi connectivity index (χ1n) is 13.8. The van der Waals surface area contributed by atoms with E-state index in [4.69, 9.17) is 4.74 Å². The first-order chi connectivity index (χ1) is 17.4. The molecule has 0 heterocycles. The third-order valence-corrected chi connectivity index (χ3v) is 11.3. The molecule has 3 fully saturated rings. The smallest absolute Gasteiger partial charge is 0.316 e. The minimum absolute atomic E-state index is 0.0274. The normalized spacial score (nSPS) is 39.6. The molecule has 6 heteroatoms. The van der Waals surface area contributed by atoms with Gasteiger partial charge in [-0.2, -0.15) is 0 Å². The molecule has 0 radical (unpaired) electrons. The number of hydrogen-bond acceptors (Lipinski definition) is 6. The zero-order valence-corrected chi connectivity index (χ0v) is 24.3. The zero-order chi connectivity index (χ0) is 27.2. The number of hydrogen-bond donors (Lipinski definition) is 1. The highest BCUT2D eigenvalue weighted by molar-refractivity contribution is 8.00. The van der Waals surface area contributed by atoms with Gasteiger partial charge in [0.15, 0.2) is 0 Å². The molecule has 37 heavy (non-hydrogen) atoms. The summed E-state index contributed by atoms with van der Waals surface area (Å²) in [5.41, 5.74) is -0.140. The van der Waals surface area contributed by atoms with Gasteiger partial charge in [0.05, 0.1) is 11.9 Å². The van der Waals surface area contributed by atoms with Crippen molar-refractivity contribution in [3.05, 3.63) is 42.5 Å². The van der Waals surface area contributed by atoms with Gasteiger partial charge < -0.3 is 14.7 Å². The Bertz CT molecular complexity index is 1040. The van der Waals surface area contributed by atoms with Crippen LogP contribution in [-0.4, -0.2) is 53.8 Å². The van der Waals surface area contributed by atoms with E-state index in [1.807, 2.05) is 39.2 Å². The number of benzene rings is 1. The first kappa shape index (κ1) is 28.4. The van der Waals surface area contributed by atoms with E-state index in [9.17, 15) is 14.7 Å². The quantitative estimate of drug-likeness (QED) is 0.277. The van der Waals surface area contributed by atoms with Crippen LogP contribution in [0.15, 0.2) is 41.8 Å². The molecule has 1 N–H and O–H groups in total. The lowest BCUT2D eigenvalue weighted by atomic mass is 9.44. The van der Waals surface area contributed by atoms with Crippen LogP contribution >= 0.6 is 11.8 Å². The molecule has 0 aliphatic heterocycles. The molecule has 3 aliphatic carbocycles. The van der Waals surface area contributed by atoms with Crippen LogP contribution in [0, 0.1) is 34.0 Å². The monoisotopic (exact) mass is 527 g/mol. The lowest BCUT2D eigenvalue weighted by Gasteiger charge is -2.61. The Morgan fingerprint density at radius 3 is 2.68 bits per heavy atom. The second kappa shape index (κ2) is 10.5. The Balaban J connectivity index is 1.62. The van der Waals surface area contributed by atoms with E-state index in [1.54, 1.807) is 0 Å². The third kappa shape index (κ3) is 4.94. The van der Waals surface area contributed by atoms with Crippen LogP contribution in [0.4, 0.5) is 0 Å².